The van der Waals surface area contributed by atoms with Gasteiger partial charge in [-0.3, -0.25) is 19.1 Å². The number of imide groups is 1. The summed E-state index contributed by atoms with van der Waals surface area (Å²) in [7, 11) is 3.20. The number of aromatic nitrogens is 3. The molecule has 0 spiro atoms. The second-order valence-electron chi connectivity index (χ2n) is 8.22. The van der Waals surface area contributed by atoms with E-state index in [0.29, 0.717) is 22.2 Å². The molecule has 2 amide bonds. The fraction of sp³-hybridized carbons (Fsp3) is 0.273. The number of nitrogens with zero attached hydrogens (tertiary/aromatic N) is 4. The highest BCUT2D eigenvalue weighted by Gasteiger charge is 2.40. The van der Waals surface area contributed by atoms with Crippen molar-refractivity contribution >= 4 is 40.0 Å². The number of fused-ring (bicyclic) bond motifs is 1. The zero-order valence-electron chi connectivity index (χ0n) is 17.5. The van der Waals surface area contributed by atoms with Crippen molar-refractivity contribution < 1.29 is 19.1 Å². The molecule has 4 rings (SSSR count). The van der Waals surface area contributed by atoms with Gasteiger partial charge in [0, 0.05) is 31.2 Å². The summed E-state index contributed by atoms with van der Waals surface area (Å²) in [6, 6.07) is 7.21. The number of carbonyl (C=O) groups excluding carboxylic acids is 3. The molecule has 0 N–H and O–H groups in total. The third kappa shape index (κ3) is 3.01. The lowest BCUT2D eigenvalue weighted by molar-refractivity contribution is -0.134. The van der Waals surface area contributed by atoms with Crippen LogP contribution in [0.15, 0.2) is 43.0 Å². The molecule has 2 aromatic heterocycles. The second kappa shape index (κ2) is 6.69. The number of hydrogen-bond acceptors (Lipinski definition) is 5. The third-order valence-electron chi connectivity index (χ3n) is 4.93. The van der Waals surface area contributed by atoms with Gasteiger partial charge in [-0.25, -0.2) is 9.78 Å². The van der Waals surface area contributed by atoms with Gasteiger partial charge in [-0.05, 0) is 26.8 Å². The molecule has 0 atom stereocenters. The molecule has 1 aromatic carbocycles. The number of carbonyl (C=O) groups is 3. The largest absolute Gasteiger partial charge is 0.443 e. The maximum Gasteiger partial charge on any atom is 0.419 e. The van der Waals surface area contributed by atoms with Crippen LogP contribution in [0.4, 0.5) is 4.79 Å². The molecule has 8 nitrogen and oxygen atoms in total. The molecule has 0 aliphatic carbocycles. The Morgan fingerprint density at radius 2 is 1.70 bits per heavy atom. The van der Waals surface area contributed by atoms with Crippen molar-refractivity contribution in [3.8, 4) is 0 Å². The Kier molecular flexibility index (Phi) is 4.38. The summed E-state index contributed by atoms with van der Waals surface area (Å²) in [4.78, 5) is 44.0. The van der Waals surface area contributed by atoms with Crippen LogP contribution in [0.2, 0.25) is 0 Å². The summed E-state index contributed by atoms with van der Waals surface area (Å²) in [6.45, 7) is 5.36. The van der Waals surface area contributed by atoms with Gasteiger partial charge in [-0.1, -0.05) is 18.2 Å². The molecule has 0 unspecified atom stereocenters. The zero-order chi connectivity index (χ0) is 21.8. The first-order valence-electron chi connectivity index (χ1n) is 9.47. The van der Waals surface area contributed by atoms with Crippen molar-refractivity contribution in [1.82, 2.24) is 19.0 Å². The van der Waals surface area contributed by atoms with Gasteiger partial charge in [-0.2, -0.15) is 0 Å². The molecule has 8 heteroatoms. The molecule has 0 radical (unpaired) electrons. The normalized spacial score (nSPS) is 14.9. The number of hydrogen-bond donors (Lipinski definition) is 0. The Bertz CT molecular complexity index is 1240. The standard InChI is InChI=1S/C22H22N4O4/c1-22(2,3)30-21(29)26-11-14(13-8-6-7-9-15(13)26)17-18(16-10-23-12-24(16)4)20(28)25(5)19(17)27/h6-12H,1-5H3. The molecule has 1 aliphatic rings. The van der Waals surface area contributed by atoms with E-state index in [0.717, 1.165) is 4.90 Å². The van der Waals surface area contributed by atoms with E-state index in [1.165, 1.54) is 11.6 Å². The van der Waals surface area contributed by atoms with Crippen LogP contribution in [0.1, 0.15) is 32.0 Å². The highest BCUT2D eigenvalue weighted by atomic mass is 16.6. The summed E-state index contributed by atoms with van der Waals surface area (Å²) >= 11 is 0. The van der Waals surface area contributed by atoms with Gasteiger partial charge in [0.1, 0.15) is 5.60 Å². The Hall–Kier alpha value is -3.68. The van der Waals surface area contributed by atoms with E-state index in [1.54, 1.807) is 63.2 Å². The Labute approximate surface area is 173 Å². The predicted octanol–water partition coefficient (Wildman–Crippen LogP) is 3.07. The van der Waals surface area contributed by atoms with Crippen LogP contribution in [0.25, 0.3) is 22.0 Å². The highest BCUT2D eigenvalue weighted by molar-refractivity contribution is 6.49. The Balaban J connectivity index is 2.00. The lowest BCUT2D eigenvalue weighted by Crippen LogP contribution is -2.27. The number of aryl methyl sites for hydroxylation is 1. The van der Waals surface area contributed by atoms with E-state index in [1.807, 2.05) is 12.1 Å². The van der Waals surface area contributed by atoms with Crippen molar-refractivity contribution in [2.75, 3.05) is 7.05 Å². The number of amides is 2. The minimum Gasteiger partial charge on any atom is -0.443 e. The first-order chi connectivity index (χ1) is 14.1. The van der Waals surface area contributed by atoms with Crippen LogP contribution in [0.5, 0.6) is 0 Å². The molecule has 154 valence electrons. The van der Waals surface area contributed by atoms with E-state index in [9.17, 15) is 14.4 Å². The molecule has 0 saturated heterocycles. The average Bonchev–Trinajstić information content (AvgIpc) is 3.32. The van der Waals surface area contributed by atoms with Crippen LogP contribution >= 0.6 is 0 Å². The van der Waals surface area contributed by atoms with Crippen molar-refractivity contribution in [1.29, 1.82) is 0 Å². The van der Waals surface area contributed by atoms with Crippen LogP contribution < -0.4 is 0 Å². The summed E-state index contributed by atoms with van der Waals surface area (Å²) in [5, 5.41) is 0.675. The Morgan fingerprint density at radius 3 is 2.33 bits per heavy atom. The quantitative estimate of drug-likeness (QED) is 0.611. The van der Waals surface area contributed by atoms with Gasteiger partial charge < -0.3 is 9.30 Å². The van der Waals surface area contributed by atoms with Gasteiger partial charge >= 0.3 is 6.09 Å². The number of likely N-dealkylation sites (N-methyl/N-ethyl adjacent to an activating group) is 1. The zero-order valence-corrected chi connectivity index (χ0v) is 17.5. The molecule has 0 bridgehead atoms. The van der Waals surface area contributed by atoms with Crippen LogP contribution in [-0.2, 0) is 21.4 Å². The number of ether oxygens (including phenoxy) is 1. The molecule has 1 aliphatic heterocycles. The first kappa shape index (κ1) is 19.6. The topological polar surface area (TPSA) is 86.4 Å². The lowest BCUT2D eigenvalue weighted by atomic mass is 9.99. The number of para-hydroxylation sites is 1. The number of benzene rings is 1. The van der Waals surface area contributed by atoms with Gasteiger partial charge in [-0.15, -0.1) is 0 Å². The number of rotatable bonds is 2. The summed E-state index contributed by atoms with van der Waals surface area (Å²) < 4.78 is 8.59. The van der Waals surface area contributed by atoms with Crippen LogP contribution in [0, 0.1) is 0 Å². The number of imidazole rings is 1. The highest BCUT2D eigenvalue weighted by Crippen LogP contribution is 2.38. The van der Waals surface area contributed by atoms with Crippen LogP contribution in [0.3, 0.4) is 0 Å². The van der Waals surface area contributed by atoms with Crippen molar-refractivity contribution in [2.24, 2.45) is 7.05 Å². The van der Waals surface area contributed by atoms with Crippen LogP contribution in [-0.4, -0.2) is 49.6 Å². The van der Waals surface area contributed by atoms with Gasteiger partial charge in [0.15, 0.2) is 0 Å². The van der Waals surface area contributed by atoms with Gasteiger partial charge in [0.2, 0.25) is 0 Å². The summed E-state index contributed by atoms with van der Waals surface area (Å²) in [5.41, 5.74) is 1.44. The van der Waals surface area contributed by atoms with E-state index in [4.69, 9.17) is 4.74 Å². The minimum absolute atomic E-state index is 0.240. The summed E-state index contributed by atoms with van der Waals surface area (Å²) in [6.07, 6.45) is 4.12. The average molecular weight is 406 g/mol. The SMILES string of the molecule is CN1C(=O)C(c2cn(C(=O)OC(C)(C)C)c3ccccc23)=C(c2cncn2C)C1=O. The van der Waals surface area contributed by atoms with Crippen molar-refractivity contribution in [2.45, 2.75) is 26.4 Å². The maximum absolute atomic E-state index is 13.1. The molecule has 30 heavy (non-hydrogen) atoms. The first-order valence-corrected chi connectivity index (χ1v) is 9.47. The second-order valence-corrected chi connectivity index (χ2v) is 8.22. The van der Waals surface area contributed by atoms with E-state index < -0.39 is 23.5 Å². The predicted molar refractivity (Wildman–Crippen MR) is 111 cm³/mol. The van der Waals surface area contributed by atoms with E-state index >= 15 is 0 Å². The Morgan fingerprint density at radius 1 is 1.03 bits per heavy atom. The fourth-order valence-corrected chi connectivity index (χ4v) is 3.57. The summed E-state index contributed by atoms with van der Waals surface area (Å²) in [5.74, 6) is -0.837. The van der Waals surface area contributed by atoms with E-state index in [-0.39, 0.29) is 11.1 Å². The smallest absolute Gasteiger partial charge is 0.419 e. The molecular formula is C22H22N4O4. The molecular weight excluding hydrogens is 384 g/mol. The van der Waals surface area contributed by atoms with Gasteiger partial charge in [0.25, 0.3) is 11.8 Å². The monoisotopic (exact) mass is 406 g/mol. The third-order valence-corrected chi connectivity index (χ3v) is 4.93. The van der Waals surface area contributed by atoms with E-state index in [2.05, 4.69) is 4.98 Å². The fourth-order valence-electron chi connectivity index (χ4n) is 3.57. The molecule has 3 aromatic rings. The maximum atomic E-state index is 13.1. The van der Waals surface area contributed by atoms with Crippen molar-refractivity contribution in [3.05, 3.63) is 54.2 Å². The molecule has 0 fully saturated rings. The molecule has 3 heterocycles. The molecule has 0 saturated carbocycles. The van der Waals surface area contributed by atoms with Gasteiger partial charge in [0.05, 0.1) is 34.9 Å². The lowest BCUT2D eigenvalue weighted by Gasteiger charge is -2.19. The minimum atomic E-state index is -0.679. The van der Waals surface area contributed by atoms with Crippen molar-refractivity contribution in [3.63, 3.8) is 0 Å².